The van der Waals surface area contributed by atoms with E-state index in [1.165, 1.54) is 0 Å². The lowest BCUT2D eigenvalue weighted by Crippen LogP contribution is -2.35. The molecule has 0 radical (unpaired) electrons. The number of carbonyl (C=O) groups is 2. The number of aliphatic carboxylic acids is 1. The molecule has 0 saturated carbocycles. The van der Waals surface area contributed by atoms with Gasteiger partial charge in [0, 0.05) is 31.3 Å². The zero-order chi connectivity index (χ0) is 28.9. The first kappa shape index (κ1) is 28.4. The molecule has 1 unspecified atom stereocenters. The third-order valence-electron chi connectivity index (χ3n) is 7.88. The lowest BCUT2D eigenvalue weighted by atomic mass is 9.82. The Balaban J connectivity index is 1.47. The van der Waals surface area contributed by atoms with E-state index in [-0.39, 0.29) is 32.0 Å². The number of aryl methyl sites for hydroxylation is 2. The highest BCUT2D eigenvalue weighted by atomic mass is 16.7. The third kappa shape index (κ3) is 6.01. The smallest absolute Gasteiger partial charge is 0.309 e. The van der Waals surface area contributed by atoms with Crippen molar-refractivity contribution in [1.82, 2.24) is 4.90 Å². The number of anilines is 1. The largest absolute Gasteiger partial charge is 0.481 e. The molecule has 2 aliphatic rings. The summed E-state index contributed by atoms with van der Waals surface area (Å²) in [6, 6.07) is 18.4. The SMILES string of the molecule is CCc1cccc(CC)c1NC(=O)CN1C[C@H](c2ccc3c(c2)OCO3)C(C(=O)O)[C@@H]1c1ccc(OCOC)cc1. The molecule has 0 aliphatic carbocycles. The van der Waals surface area contributed by atoms with Crippen molar-refractivity contribution in [1.29, 1.82) is 0 Å². The molecule has 3 atom stereocenters. The van der Waals surface area contributed by atoms with Gasteiger partial charge < -0.3 is 29.4 Å². The molecular weight excluding hydrogens is 524 g/mol. The number of hydrogen-bond acceptors (Lipinski definition) is 7. The Bertz CT molecular complexity index is 1370. The summed E-state index contributed by atoms with van der Waals surface area (Å²) < 4.78 is 21.6. The number of carbonyl (C=O) groups excluding carboxylic acids is 1. The summed E-state index contributed by atoms with van der Waals surface area (Å²) in [6.45, 7) is 4.79. The van der Waals surface area contributed by atoms with Crippen LogP contribution in [0.5, 0.6) is 17.2 Å². The van der Waals surface area contributed by atoms with Gasteiger partial charge in [0.05, 0.1) is 12.5 Å². The summed E-state index contributed by atoms with van der Waals surface area (Å²) in [4.78, 5) is 28.4. The number of nitrogens with zero attached hydrogens (tertiary/aromatic N) is 1. The molecule has 9 nitrogen and oxygen atoms in total. The molecule has 3 aromatic rings. The minimum Gasteiger partial charge on any atom is -0.481 e. The third-order valence-corrected chi connectivity index (χ3v) is 7.88. The molecular formula is C32H36N2O7. The highest BCUT2D eigenvalue weighted by Crippen LogP contribution is 2.47. The van der Waals surface area contributed by atoms with E-state index in [0.717, 1.165) is 40.8 Å². The van der Waals surface area contributed by atoms with Gasteiger partial charge in [-0.3, -0.25) is 14.5 Å². The Morgan fingerprint density at radius 2 is 1.66 bits per heavy atom. The van der Waals surface area contributed by atoms with Crippen LogP contribution < -0.4 is 19.5 Å². The molecule has 9 heteroatoms. The zero-order valence-corrected chi connectivity index (χ0v) is 23.6. The second-order valence-electron chi connectivity index (χ2n) is 10.3. The molecule has 5 rings (SSSR count). The molecule has 2 N–H and O–H groups in total. The first-order valence-electron chi connectivity index (χ1n) is 13.9. The van der Waals surface area contributed by atoms with Crippen molar-refractivity contribution in [2.45, 2.75) is 38.6 Å². The van der Waals surface area contributed by atoms with E-state index >= 15 is 0 Å². The molecule has 1 amide bonds. The van der Waals surface area contributed by atoms with Gasteiger partial charge in [0.2, 0.25) is 12.7 Å². The summed E-state index contributed by atoms with van der Waals surface area (Å²) in [5.41, 5.74) is 4.62. The van der Waals surface area contributed by atoms with Crippen molar-refractivity contribution in [3.8, 4) is 17.2 Å². The molecule has 1 saturated heterocycles. The van der Waals surface area contributed by atoms with Gasteiger partial charge in [-0.05, 0) is 59.4 Å². The Labute approximate surface area is 240 Å². The molecule has 216 valence electrons. The van der Waals surface area contributed by atoms with Gasteiger partial charge in [-0.1, -0.05) is 50.2 Å². The van der Waals surface area contributed by atoms with Gasteiger partial charge in [-0.25, -0.2) is 0 Å². The van der Waals surface area contributed by atoms with Crippen LogP contribution in [0.15, 0.2) is 60.7 Å². The molecule has 1 fully saturated rings. The van der Waals surface area contributed by atoms with Crippen molar-refractivity contribution in [2.75, 3.05) is 39.1 Å². The van der Waals surface area contributed by atoms with Crippen LogP contribution in [0.1, 0.15) is 48.1 Å². The summed E-state index contributed by atoms with van der Waals surface area (Å²) in [7, 11) is 1.55. The fraction of sp³-hybridized carbons (Fsp3) is 0.375. The van der Waals surface area contributed by atoms with E-state index in [1.54, 1.807) is 19.2 Å². The Kier molecular flexibility index (Phi) is 8.75. The molecule has 41 heavy (non-hydrogen) atoms. The fourth-order valence-electron chi connectivity index (χ4n) is 5.93. The number of carboxylic acid groups (broad SMARTS) is 1. The number of methoxy groups -OCH3 is 1. The zero-order valence-electron chi connectivity index (χ0n) is 23.6. The van der Waals surface area contributed by atoms with Gasteiger partial charge in [-0.2, -0.15) is 0 Å². The standard InChI is InChI=1S/C32H36N2O7/c1-4-20-7-6-8-21(5-2)30(20)33-28(35)17-34-16-25(23-11-14-26-27(15-23)41-19-40-26)29(32(36)37)31(34)22-9-12-24(13-10-22)39-18-38-3/h6-15,25,29,31H,4-5,16-19H2,1-3H3,(H,33,35)(H,36,37)/t25-,29?,31+/m1/s1. The van der Waals surface area contributed by atoms with E-state index in [4.69, 9.17) is 18.9 Å². The van der Waals surface area contributed by atoms with Crippen molar-refractivity contribution in [3.63, 3.8) is 0 Å². The van der Waals surface area contributed by atoms with Crippen LogP contribution in [0.3, 0.4) is 0 Å². The van der Waals surface area contributed by atoms with Gasteiger partial charge in [0.15, 0.2) is 18.3 Å². The van der Waals surface area contributed by atoms with Crippen LogP contribution in [-0.4, -0.2) is 55.7 Å². The normalized spacial score (nSPS) is 19.7. The summed E-state index contributed by atoms with van der Waals surface area (Å²) in [5, 5.41) is 13.7. The number of nitrogens with one attached hydrogen (secondary N) is 1. The Hall–Kier alpha value is -4.08. The summed E-state index contributed by atoms with van der Waals surface area (Å²) in [5.74, 6) is -0.436. The number of rotatable bonds is 11. The summed E-state index contributed by atoms with van der Waals surface area (Å²) >= 11 is 0. The van der Waals surface area contributed by atoms with E-state index in [1.807, 2.05) is 53.4 Å². The maximum atomic E-state index is 13.6. The lowest BCUT2D eigenvalue weighted by Gasteiger charge is -2.27. The predicted octanol–water partition coefficient (Wildman–Crippen LogP) is 5.00. The highest BCUT2D eigenvalue weighted by molar-refractivity contribution is 5.94. The van der Waals surface area contributed by atoms with Crippen LogP contribution in [0, 0.1) is 5.92 Å². The van der Waals surface area contributed by atoms with E-state index in [9.17, 15) is 14.7 Å². The number of fused-ring (bicyclic) bond motifs is 1. The van der Waals surface area contributed by atoms with E-state index in [2.05, 4.69) is 19.2 Å². The number of likely N-dealkylation sites (tertiary alicyclic amines) is 1. The monoisotopic (exact) mass is 560 g/mol. The fourth-order valence-corrected chi connectivity index (χ4v) is 5.93. The van der Waals surface area contributed by atoms with Crippen LogP contribution >= 0.6 is 0 Å². The van der Waals surface area contributed by atoms with Gasteiger partial charge in [0.1, 0.15) is 5.75 Å². The Morgan fingerprint density at radius 1 is 0.976 bits per heavy atom. The summed E-state index contributed by atoms with van der Waals surface area (Å²) in [6.07, 6.45) is 1.58. The topological polar surface area (TPSA) is 107 Å². The number of hydrogen-bond donors (Lipinski definition) is 2. The lowest BCUT2D eigenvalue weighted by molar-refractivity contribution is -0.143. The van der Waals surface area contributed by atoms with Gasteiger partial charge in [-0.15, -0.1) is 0 Å². The molecule has 0 bridgehead atoms. The number of ether oxygens (including phenoxy) is 4. The van der Waals surface area contributed by atoms with Gasteiger partial charge in [0.25, 0.3) is 0 Å². The number of benzene rings is 3. The highest BCUT2D eigenvalue weighted by Gasteiger charge is 2.48. The van der Waals surface area contributed by atoms with Crippen molar-refractivity contribution in [2.24, 2.45) is 5.92 Å². The molecule has 2 aliphatic heterocycles. The maximum Gasteiger partial charge on any atom is 0.309 e. The minimum absolute atomic E-state index is 0.0403. The first-order chi connectivity index (χ1) is 19.9. The van der Waals surface area contributed by atoms with Crippen LogP contribution in [0.4, 0.5) is 5.69 Å². The first-order valence-corrected chi connectivity index (χ1v) is 13.9. The van der Waals surface area contributed by atoms with E-state index in [0.29, 0.717) is 23.8 Å². The second-order valence-corrected chi connectivity index (χ2v) is 10.3. The minimum atomic E-state index is -0.926. The average molecular weight is 561 g/mol. The predicted molar refractivity (Wildman–Crippen MR) is 154 cm³/mol. The average Bonchev–Trinajstić information content (AvgIpc) is 3.61. The van der Waals surface area contributed by atoms with Crippen LogP contribution in [0.25, 0.3) is 0 Å². The van der Waals surface area contributed by atoms with Crippen molar-refractivity contribution >= 4 is 17.6 Å². The maximum absolute atomic E-state index is 13.6. The van der Waals surface area contributed by atoms with Crippen LogP contribution in [0.2, 0.25) is 0 Å². The molecule has 3 aromatic carbocycles. The number of carboxylic acids is 1. The van der Waals surface area contributed by atoms with Crippen LogP contribution in [-0.2, 0) is 27.2 Å². The Morgan fingerprint density at radius 3 is 2.32 bits per heavy atom. The molecule has 0 aromatic heterocycles. The van der Waals surface area contributed by atoms with Crippen molar-refractivity contribution in [3.05, 3.63) is 82.9 Å². The molecule has 2 heterocycles. The second kappa shape index (κ2) is 12.6. The van der Waals surface area contributed by atoms with E-state index < -0.39 is 17.9 Å². The molecule has 0 spiro atoms. The quantitative estimate of drug-likeness (QED) is 0.316. The van der Waals surface area contributed by atoms with Crippen molar-refractivity contribution < 1.29 is 33.6 Å². The van der Waals surface area contributed by atoms with Gasteiger partial charge >= 0.3 is 5.97 Å². The number of amides is 1. The number of para-hydroxylation sites is 1.